The van der Waals surface area contributed by atoms with Crippen LogP contribution in [0.5, 0.6) is 11.5 Å². The van der Waals surface area contributed by atoms with Gasteiger partial charge < -0.3 is 19.7 Å². The Bertz CT molecular complexity index is 1190. The van der Waals surface area contributed by atoms with Crippen LogP contribution in [-0.2, 0) is 13.7 Å². The number of carbonyl (C=O) groups is 1. The first kappa shape index (κ1) is 22.9. The number of para-hydroxylation sites is 1. The third-order valence-electron chi connectivity index (χ3n) is 4.76. The summed E-state index contributed by atoms with van der Waals surface area (Å²) in [6, 6.07) is 10.6. The molecule has 2 aromatic carbocycles. The number of nitrogens with zero attached hydrogens (tertiary/aromatic N) is 1. The second kappa shape index (κ2) is 10.0. The molecule has 1 aromatic heterocycles. The molecule has 1 heterocycles. The molecule has 0 aliphatic carbocycles. The molecule has 2 N–H and O–H groups in total. The summed E-state index contributed by atoms with van der Waals surface area (Å²) in [5.74, 6) is -2.60. The van der Waals surface area contributed by atoms with Crippen LogP contribution >= 0.6 is 0 Å². The van der Waals surface area contributed by atoms with Gasteiger partial charge in [0.05, 0.1) is 17.9 Å². The van der Waals surface area contributed by atoms with Gasteiger partial charge in [0, 0.05) is 19.2 Å². The molecule has 0 spiro atoms. The molecule has 168 valence electrons. The highest BCUT2D eigenvalue weighted by Crippen LogP contribution is 2.25. The number of ether oxygens (including phenoxy) is 1. The minimum Gasteiger partial charge on any atom is -0.502 e. The number of alkyl halides is 1. The molecular weight excluding hydrogens is 425 g/mol. The van der Waals surface area contributed by atoms with Crippen LogP contribution in [0.4, 0.5) is 13.2 Å². The molecule has 3 aromatic rings. The fourth-order valence-electron chi connectivity index (χ4n) is 3.12. The number of aromatic nitrogens is 1. The highest BCUT2D eigenvalue weighted by molar-refractivity contribution is 5.97. The summed E-state index contributed by atoms with van der Waals surface area (Å²) in [4.78, 5) is 24.9. The van der Waals surface area contributed by atoms with Gasteiger partial charge in [0.1, 0.15) is 12.5 Å². The number of hydrogen-bond donors (Lipinski definition) is 2. The first-order chi connectivity index (χ1) is 15.3. The summed E-state index contributed by atoms with van der Waals surface area (Å²) in [6.07, 6.45) is 0.336. The summed E-state index contributed by atoms with van der Waals surface area (Å²) in [5, 5.41) is 12.7. The number of rotatable bonds is 8. The van der Waals surface area contributed by atoms with E-state index in [1.165, 1.54) is 37.4 Å². The summed E-state index contributed by atoms with van der Waals surface area (Å²) in [7, 11) is 1.35. The van der Waals surface area contributed by atoms with Crippen molar-refractivity contribution in [2.24, 2.45) is 7.05 Å². The fraction of sp³-hybridized carbons (Fsp3) is 0.217. The Kier molecular flexibility index (Phi) is 7.19. The SMILES string of the molecule is Cn1c(-c2cc(F)cc(CF)c2)cc(C(=O)NCCCOc2ccccc2F)c(O)c1=O. The van der Waals surface area contributed by atoms with Crippen LogP contribution in [-0.4, -0.2) is 28.7 Å². The Balaban J connectivity index is 1.73. The number of nitrogens with one attached hydrogen (secondary N) is 1. The highest BCUT2D eigenvalue weighted by Gasteiger charge is 2.19. The van der Waals surface area contributed by atoms with Gasteiger partial charge >= 0.3 is 0 Å². The Hall–Kier alpha value is -3.75. The zero-order valence-electron chi connectivity index (χ0n) is 17.2. The van der Waals surface area contributed by atoms with E-state index in [4.69, 9.17) is 4.74 Å². The van der Waals surface area contributed by atoms with Crippen molar-refractivity contribution in [2.45, 2.75) is 13.1 Å². The quantitative estimate of drug-likeness (QED) is 0.517. The van der Waals surface area contributed by atoms with Gasteiger partial charge in [-0.25, -0.2) is 13.2 Å². The molecular formula is C23H21F3N2O4. The Morgan fingerprint density at radius 2 is 1.91 bits per heavy atom. The number of aromatic hydroxyl groups is 1. The Morgan fingerprint density at radius 3 is 2.62 bits per heavy atom. The maximum atomic E-state index is 13.8. The van der Waals surface area contributed by atoms with Gasteiger partial charge in [-0.05, 0) is 48.4 Å². The molecule has 32 heavy (non-hydrogen) atoms. The van der Waals surface area contributed by atoms with E-state index < -0.39 is 35.5 Å². The van der Waals surface area contributed by atoms with Gasteiger partial charge in [-0.3, -0.25) is 9.59 Å². The molecule has 1 amide bonds. The molecule has 0 aliphatic rings. The van der Waals surface area contributed by atoms with E-state index in [0.29, 0.717) is 6.42 Å². The summed E-state index contributed by atoms with van der Waals surface area (Å²) in [6.45, 7) is -0.646. The highest BCUT2D eigenvalue weighted by atomic mass is 19.1. The molecule has 9 heteroatoms. The summed E-state index contributed by atoms with van der Waals surface area (Å²) >= 11 is 0. The van der Waals surface area contributed by atoms with Gasteiger partial charge in [0.2, 0.25) is 0 Å². The van der Waals surface area contributed by atoms with E-state index in [1.807, 2.05) is 0 Å². The van der Waals surface area contributed by atoms with Crippen molar-refractivity contribution in [2.75, 3.05) is 13.2 Å². The molecule has 0 bridgehead atoms. The molecule has 3 rings (SSSR count). The van der Waals surface area contributed by atoms with E-state index in [1.54, 1.807) is 6.07 Å². The van der Waals surface area contributed by atoms with Crippen LogP contribution in [0.15, 0.2) is 53.3 Å². The number of hydrogen-bond acceptors (Lipinski definition) is 4. The molecule has 0 radical (unpaired) electrons. The van der Waals surface area contributed by atoms with Crippen LogP contribution in [0.3, 0.4) is 0 Å². The minimum absolute atomic E-state index is 0.0707. The van der Waals surface area contributed by atoms with Crippen LogP contribution in [0.2, 0.25) is 0 Å². The third kappa shape index (κ3) is 5.11. The van der Waals surface area contributed by atoms with Gasteiger partial charge in [-0.1, -0.05) is 12.1 Å². The standard InChI is InChI=1S/C23H21F3N2O4/c1-28-19(15-9-14(13-24)10-16(25)11-15)12-17(21(29)23(28)31)22(30)27-7-4-8-32-20-6-3-2-5-18(20)26/h2-3,5-6,9-12,29H,4,7-8,13H2,1H3,(H,27,30). The largest absolute Gasteiger partial charge is 0.502 e. The monoisotopic (exact) mass is 446 g/mol. The number of amides is 1. The molecule has 0 saturated heterocycles. The zero-order valence-corrected chi connectivity index (χ0v) is 17.2. The lowest BCUT2D eigenvalue weighted by Crippen LogP contribution is -2.29. The number of carbonyl (C=O) groups excluding carboxylic acids is 1. The van der Waals surface area contributed by atoms with Crippen LogP contribution < -0.4 is 15.6 Å². The van der Waals surface area contributed by atoms with Gasteiger partial charge in [-0.2, -0.15) is 0 Å². The van der Waals surface area contributed by atoms with Gasteiger partial charge in [0.25, 0.3) is 11.5 Å². The predicted octanol–water partition coefficient (Wildman–Crippen LogP) is 3.70. The summed E-state index contributed by atoms with van der Waals surface area (Å²) in [5.41, 5.74) is -0.772. The lowest BCUT2D eigenvalue weighted by atomic mass is 10.0. The summed E-state index contributed by atoms with van der Waals surface area (Å²) < 4.78 is 46.7. The van der Waals surface area contributed by atoms with E-state index in [0.717, 1.165) is 16.7 Å². The van der Waals surface area contributed by atoms with Crippen LogP contribution in [0.1, 0.15) is 22.3 Å². The van der Waals surface area contributed by atoms with E-state index in [-0.39, 0.29) is 41.3 Å². The number of pyridine rings is 1. The van der Waals surface area contributed by atoms with Crippen LogP contribution in [0.25, 0.3) is 11.3 Å². The van der Waals surface area contributed by atoms with Crippen molar-refractivity contribution in [3.63, 3.8) is 0 Å². The fourth-order valence-corrected chi connectivity index (χ4v) is 3.12. The average molecular weight is 446 g/mol. The Morgan fingerprint density at radius 1 is 1.16 bits per heavy atom. The molecule has 0 saturated carbocycles. The van der Waals surface area contributed by atoms with E-state index >= 15 is 0 Å². The topological polar surface area (TPSA) is 80.6 Å². The smallest absolute Gasteiger partial charge is 0.293 e. The number of halogens is 3. The van der Waals surface area contributed by atoms with E-state index in [2.05, 4.69) is 5.32 Å². The van der Waals surface area contributed by atoms with Crippen molar-refractivity contribution in [3.05, 3.63) is 81.6 Å². The molecule has 0 unspecified atom stereocenters. The molecule has 0 aliphatic heterocycles. The van der Waals surface area contributed by atoms with Gasteiger partial charge in [0.15, 0.2) is 17.3 Å². The first-order valence-electron chi connectivity index (χ1n) is 9.76. The first-order valence-corrected chi connectivity index (χ1v) is 9.76. The maximum absolute atomic E-state index is 13.8. The Labute approximate surface area is 181 Å². The van der Waals surface area contributed by atoms with Crippen molar-refractivity contribution in [1.82, 2.24) is 9.88 Å². The molecule has 0 fully saturated rings. The average Bonchev–Trinajstić information content (AvgIpc) is 2.78. The van der Waals surface area contributed by atoms with Gasteiger partial charge in [-0.15, -0.1) is 0 Å². The lowest BCUT2D eigenvalue weighted by molar-refractivity contribution is 0.0948. The normalized spacial score (nSPS) is 10.8. The molecule has 0 atom stereocenters. The number of benzene rings is 2. The minimum atomic E-state index is -0.904. The van der Waals surface area contributed by atoms with Crippen molar-refractivity contribution in [3.8, 4) is 22.8 Å². The maximum Gasteiger partial charge on any atom is 0.293 e. The zero-order chi connectivity index (χ0) is 23.3. The lowest BCUT2D eigenvalue weighted by Gasteiger charge is -2.14. The molecule has 6 nitrogen and oxygen atoms in total. The van der Waals surface area contributed by atoms with Crippen molar-refractivity contribution >= 4 is 5.91 Å². The second-order valence-corrected chi connectivity index (χ2v) is 7.03. The van der Waals surface area contributed by atoms with Crippen molar-refractivity contribution in [1.29, 1.82) is 0 Å². The van der Waals surface area contributed by atoms with E-state index in [9.17, 15) is 27.9 Å². The van der Waals surface area contributed by atoms with Crippen molar-refractivity contribution < 1.29 is 27.8 Å². The van der Waals surface area contributed by atoms with Crippen LogP contribution in [0, 0.1) is 11.6 Å². The second-order valence-electron chi connectivity index (χ2n) is 7.03. The third-order valence-corrected chi connectivity index (χ3v) is 4.76. The predicted molar refractivity (Wildman–Crippen MR) is 112 cm³/mol.